The van der Waals surface area contributed by atoms with Crippen molar-refractivity contribution in [3.8, 4) is 11.3 Å². The molecule has 5 rings (SSSR count). The molecule has 0 radical (unpaired) electrons. The molecule has 0 spiro atoms. The molecule has 0 saturated carbocycles. The highest BCUT2D eigenvalue weighted by molar-refractivity contribution is 5.93. The molecule has 0 saturated heterocycles. The number of nitrogens with zero attached hydrogens (tertiary/aromatic N) is 4. The molecule has 1 aromatic carbocycles. The molecule has 4 aromatic rings. The van der Waals surface area contributed by atoms with Gasteiger partial charge in [-0.3, -0.25) is 15.0 Å². The SMILES string of the molecule is O=C(c1ccn[nH]1)N1Cc2cc(-c3ccn[nH]3)ccc2C1c1cnco1. The number of amides is 1. The Bertz CT molecular complexity index is 1040. The molecule has 8 nitrogen and oxygen atoms in total. The molecule has 1 aliphatic heterocycles. The van der Waals surface area contributed by atoms with Crippen molar-refractivity contribution >= 4 is 5.91 Å². The Hall–Kier alpha value is -3.68. The molecule has 1 unspecified atom stereocenters. The van der Waals surface area contributed by atoms with Gasteiger partial charge in [-0.1, -0.05) is 12.1 Å². The van der Waals surface area contributed by atoms with Crippen LogP contribution < -0.4 is 0 Å². The predicted octanol–water partition coefficient (Wildman–Crippen LogP) is 2.53. The van der Waals surface area contributed by atoms with Gasteiger partial charge in [0.2, 0.25) is 0 Å². The number of aromatic amines is 2. The van der Waals surface area contributed by atoms with E-state index in [0.717, 1.165) is 22.4 Å². The topological polar surface area (TPSA) is 104 Å². The van der Waals surface area contributed by atoms with Crippen LogP contribution in [0.4, 0.5) is 0 Å². The van der Waals surface area contributed by atoms with Gasteiger partial charge in [0.15, 0.2) is 12.2 Å². The lowest BCUT2D eigenvalue weighted by Gasteiger charge is -2.22. The van der Waals surface area contributed by atoms with Crippen LogP contribution in [0.1, 0.15) is 33.4 Å². The molecule has 0 aliphatic carbocycles. The first-order valence-electron chi connectivity index (χ1n) is 8.12. The van der Waals surface area contributed by atoms with Crippen molar-refractivity contribution in [3.63, 3.8) is 0 Å². The third-order valence-corrected chi connectivity index (χ3v) is 4.61. The van der Waals surface area contributed by atoms with Gasteiger partial charge in [-0.15, -0.1) is 0 Å². The molecule has 8 heteroatoms. The van der Waals surface area contributed by atoms with E-state index in [1.807, 2.05) is 18.2 Å². The fourth-order valence-electron chi connectivity index (χ4n) is 3.42. The van der Waals surface area contributed by atoms with Crippen molar-refractivity contribution in [2.75, 3.05) is 0 Å². The second-order valence-electron chi connectivity index (χ2n) is 6.09. The monoisotopic (exact) mass is 346 g/mol. The summed E-state index contributed by atoms with van der Waals surface area (Å²) in [6, 6.07) is 9.38. The van der Waals surface area contributed by atoms with Crippen LogP contribution in [0.2, 0.25) is 0 Å². The minimum absolute atomic E-state index is 0.136. The van der Waals surface area contributed by atoms with Gasteiger partial charge < -0.3 is 9.32 Å². The van der Waals surface area contributed by atoms with Crippen molar-refractivity contribution in [1.82, 2.24) is 30.3 Å². The second-order valence-corrected chi connectivity index (χ2v) is 6.09. The fraction of sp³-hybridized carbons (Fsp3) is 0.111. The minimum Gasteiger partial charge on any atom is -0.446 e. The predicted molar refractivity (Wildman–Crippen MR) is 90.8 cm³/mol. The zero-order valence-corrected chi connectivity index (χ0v) is 13.6. The van der Waals surface area contributed by atoms with Crippen molar-refractivity contribution in [3.05, 3.63) is 77.9 Å². The van der Waals surface area contributed by atoms with E-state index >= 15 is 0 Å². The van der Waals surface area contributed by atoms with Crippen molar-refractivity contribution in [2.24, 2.45) is 0 Å². The molecule has 3 aromatic heterocycles. The molecule has 2 N–H and O–H groups in total. The Morgan fingerprint density at radius 1 is 1.15 bits per heavy atom. The van der Waals surface area contributed by atoms with Crippen LogP contribution in [0.3, 0.4) is 0 Å². The highest BCUT2D eigenvalue weighted by atomic mass is 16.3. The summed E-state index contributed by atoms with van der Waals surface area (Å²) in [6.45, 7) is 0.473. The maximum absolute atomic E-state index is 13.0. The summed E-state index contributed by atoms with van der Waals surface area (Å²) in [7, 11) is 0. The maximum Gasteiger partial charge on any atom is 0.273 e. The number of nitrogens with one attached hydrogen (secondary N) is 2. The van der Waals surface area contributed by atoms with E-state index in [2.05, 4.69) is 31.4 Å². The molecule has 0 bridgehead atoms. The first kappa shape index (κ1) is 14.6. The molecule has 26 heavy (non-hydrogen) atoms. The number of oxazole rings is 1. The lowest BCUT2D eigenvalue weighted by Crippen LogP contribution is -2.30. The number of hydrogen-bond donors (Lipinski definition) is 2. The Balaban J connectivity index is 1.59. The van der Waals surface area contributed by atoms with Crippen molar-refractivity contribution < 1.29 is 9.21 Å². The standard InChI is InChI=1S/C18H14N6O2/c25-18(15-4-6-21-23-15)24-9-12-7-11(14-3-5-20-22-14)1-2-13(12)17(24)16-8-19-10-26-16/h1-8,10,17H,9H2,(H,20,22)(H,21,23). The van der Waals surface area contributed by atoms with Crippen LogP contribution in [-0.2, 0) is 6.54 Å². The number of hydrogen-bond acceptors (Lipinski definition) is 5. The molecule has 4 heterocycles. The molecule has 128 valence electrons. The van der Waals surface area contributed by atoms with Gasteiger partial charge in [0.05, 0.1) is 11.9 Å². The highest BCUT2D eigenvalue weighted by Crippen LogP contribution is 2.40. The van der Waals surface area contributed by atoms with Crippen LogP contribution in [0, 0.1) is 0 Å². The van der Waals surface area contributed by atoms with Crippen LogP contribution in [-0.4, -0.2) is 36.2 Å². The average molecular weight is 346 g/mol. The number of rotatable bonds is 3. The smallest absolute Gasteiger partial charge is 0.273 e. The molecule has 1 atom stereocenters. The lowest BCUT2D eigenvalue weighted by atomic mass is 9.99. The molecule has 1 amide bonds. The van der Waals surface area contributed by atoms with Gasteiger partial charge in [-0.2, -0.15) is 10.2 Å². The highest BCUT2D eigenvalue weighted by Gasteiger charge is 2.37. The summed E-state index contributed by atoms with van der Waals surface area (Å²) < 4.78 is 5.53. The van der Waals surface area contributed by atoms with Gasteiger partial charge in [-0.05, 0) is 34.9 Å². The molecule has 1 aliphatic rings. The van der Waals surface area contributed by atoms with Crippen molar-refractivity contribution in [2.45, 2.75) is 12.6 Å². The van der Waals surface area contributed by atoms with Gasteiger partial charge >= 0.3 is 0 Å². The number of carbonyl (C=O) groups excluding carboxylic acids is 1. The third-order valence-electron chi connectivity index (χ3n) is 4.61. The Morgan fingerprint density at radius 3 is 2.77 bits per heavy atom. The summed E-state index contributed by atoms with van der Waals surface area (Å²) in [5.74, 6) is 0.495. The first-order valence-corrected chi connectivity index (χ1v) is 8.12. The lowest BCUT2D eigenvalue weighted by molar-refractivity contribution is 0.0697. The van der Waals surface area contributed by atoms with E-state index in [1.54, 1.807) is 29.6 Å². The zero-order chi connectivity index (χ0) is 17.5. The largest absolute Gasteiger partial charge is 0.446 e. The fourth-order valence-corrected chi connectivity index (χ4v) is 3.42. The molecule has 0 fully saturated rings. The van der Waals surface area contributed by atoms with Gasteiger partial charge in [0, 0.05) is 18.9 Å². The number of H-pyrrole nitrogens is 2. The second kappa shape index (κ2) is 5.69. The maximum atomic E-state index is 13.0. The molecular weight excluding hydrogens is 332 g/mol. The summed E-state index contributed by atoms with van der Waals surface area (Å²) in [4.78, 5) is 18.7. The average Bonchev–Trinajstić information content (AvgIpc) is 3.47. The van der Waals surface area contributed by atoms with Crippen molar-refractivity contribution in [1.29, 1.82) is 0 Å². The Labute approximate surface area is 147 Å². The minimum atomic E-state index is -0.320. The summed E-state index contributed by atoms with van der Waals surface area (Å²) >= 11 is 0. The van der Waals surface area contributed by atoms with Gasteiger partial charge in [-0.25, -0.2) is 4.98 Å². The van der Waals surface area contributed by atoms with E-state index in [0.29, 0.717) is 18.0 Å². The zero-order valence-electron chi connectivity index (χ0n) is 13.6. The normalized spacial score (nSPS) is 16.0. The summed E-state index contributed by atoms with van der Waals surface area (Å²) in [5, 5.41) is 13.6. The summed E-state index contributed by atoms with van der Waals surface area (Å²) in [6.07, 6.45) is 6.31. The quantitative estimate of drug-likeness (QED) is 0.593. The number of benzene rings is 1. The van der Waals surface area contributed by atoms with E-state index in [9.17, 15) is 4.79 Å². The Kier molecular flexibility index (Phi) is 3.21. The number of carbonyl (C=O) groups is 1. The number of aromatic nitrogens is 5. The van der Waals surface area contributed by atoms with E-state index in [-0.39, 0.29) is 11.9 Å². The third kappa shape index (κ3) is 2.23. The van der Waals surface area contributed by atoms with E-state index in [4.69, 9.17) is 4.42 Å². The van der Waals surface area contributed by atoms with E-state index in [1.165, 1.54) is 6.39 Å². The Morgan fingerprint density at radius 2 is 2.04 bits per heavy atom. The van der Waals surface area contributed by atoms with E-state index < -0.39 is 0 Å². The van der Waals surface area contributed by atoms with Gasteiger partial charge in [0.1, 0.15) is 11.7 Å². The van der Waals surface area contributed by atoms with Crippen LogP contribution in [0.15, 0.2) is 59.7 Å². The van der Waals surface area contributed by atoms with Gasteiger partial charge in [0.25, 0.3) is 5.91 Å². The first-order chi connectivity index (χ1) is 12.8. The van der Waals surface area contributed by atoms with Crippen LogP contribution >= 0.6 is 0 Å². The van der Waals surface area contributed by atoms with Crippen LogP contribution in [0.25, 0.3) is 11.3 Å². The number of fused-ring (bicyclic) bond motifs is 1. The summed E-state index contributed by atoms with van der Waals surface area (Å²) in [5.41, 5.74) is 4.48. The molecular formula is C18H14N6O2. The van der Waals surface area contributed by atoms with Crippen LogP contribution in [0.5, 0.6) is 0 Å².